The monoisotopic (exact) mass is 297 g/mol. The van der Waals surface area contributed by atoms with Crippen LogP contribution in [0, 0.1) is 23.5 Å². The van der Waals surface area contributed by atoms with Crippen LogP contribution in [-0.4, -0.2) is 23.3 Å². The van der Waals surface area contributed by atoms with Gasteiger partial charge in [0.25, 0.3) is 0 Å². The Morgan fingerprint density at radius 1 is 1.38 bits per heavy atom. The minimum atomic E-state index is -1.06. The van der Waals surface area contributed by atoms with E-state index < -0.39 is 29.1 Å². The molecule has 0 fully saturated rings. The first kappa shape index (κ1) is 16.8. The lowest BCUT2D eigenvalue weighted by Crippen LogP contribution is -2.32. The first-order chi connectivity index (χ1) is 9.69. The summed E-state index contributed by atoms with van der Waals surface area (Å²) in [4.78, 5) is 11.3. The molecule has 1 aromatic rings. The molecule has 0 radical (unpaired) electrons. The molecule has 0 atom stereocenters. The molecule has 0 spiro atoms. The van der Waals surface area contributed by atoms with E-state index in [4.69, 9.17) is 4.74 Å². The van der Waals surface area contributed by atoms with Crippen molar-refractivity contribution in [1.82, 2.24) is 5.32 Å². The summed E-state index contributed by atoms with van der Waals surface area (Å²) < 4.78 is 31.0. The van der Waals surface area contributed by atoms with Gasteiger partial charge in [0.2, 0.25) is 0 Å². The highest BCUT2D eigenvalue weighted by Gasteiger charge is 2.15. The van der Waals surface area contributed by atoms with Crippen LogP contribution in [0.1, 0.15) is 32.8 Å². The molecule has 114 valence electrons. The first-order valence-electron chi connectivity index (χ1n) is 6.33. The molecular formula is C15H17F2NO3. The van der Waals surface area contributed by atoms with Gasteiger partial charge in [0.05, 0.1) is 5.56 Å². The van der Waals surface area contributed by atoms with Crippen LogP contribution in [0.3, 0.4) is 0 Å². The molecule has 0 aliphatic rings. The van der Waals surface area contributed by atoms with E-state index in [-0.39, 0.29) is 18.5 Å². The molecule has 2 N–H and O–H groups in total. The highest BCUT2D eigenvalue weighted by atomic mass is 19.1. The molecule has 0 aliphatic carbocycles. The lowest BCUT2D eigenvalue weighted by atomic mass is 10.2. The first-order valence-corrected chi connectivity index (χ1v) is 6.33. The Kier molecular flexibility index (Phi) is 5.53. The Labute approximate surface area is 122 Å². The zero-order valence-electron chi connectivity index (χ0n) is 12.1. The number of carbonyl (C=O) groups is 1. The number of benzene rings is 1. The van der Waals surface area contributed by atoms with Gasteiger partial charge in [-0.25, -0.2) is 13.6 Å². The molecule has 21 heavy (non-hydrogen) atoms. The number of phenolic OH excluding ortho intramolecular Hbond substituents is 1. The SMILES string of the molecule is CC(C)(C)OC(=O)NCCC#Cc1cc(F)cc(F)c1O. The molecule has 4 nitrogen and oxygen atoms in total. The summed E-state index contributed by atoms with van der Waals surface area (Å²) in [5.41, 5.74) is -0.717. The summed E-state index contributed by atoms with van der Waals surface area (Å²) in [6, 6.07) is 1.51. The molecule has 6 heteroatoms. The van der Waals surface area contributed by atoms with Crippen LogP contribution in [-0.2, 0) is 4.74 Å². The molecule has 1 aromatic carbocycles. The van der Waals surface area contributed by atoms with Crippen molar-refractivity contribution in [1.29, 1.82) is 0 Å². The fraction of sp³-hybridized carbons (Fsp3) is 0.400. The number of hydrogen-bond donors (Lipinski definition) is 2. The third-order valence-corrected chi connectivity index (χ3v) is 2.17. The van der Waals surface area contributed by atoms with Crippen molar-refractivity contribution in [3.63, 3.8) is 0 Å². The van der Waals surface area contributed by atoms with E-state index >= 15 is 0 Å². The number of aromatic hydroxyl groups is 1. The summed E-state index contributed by atoms with van der Waals surface area (Å²) in [5, 5.41) is 11.8. The van der Waals surface area contributed by atoms with E-state index in [0.29, 0.717) is 6.07 Å². The van der Waals surface area contributed by atoms with Gasteiger partial charge in [0.15, 0.2) is 11.6 Å². The predicted octanol–water partition coefficient (Wildman–Crippen LogP) is 2.94. The summed E-state index contributed by atoms with van der Waals surface area (Å²) >= 11 is 0. The maximum atomic E-state index is 13.0. The highest BCUT2D eigenvalue weighted by molar-refractivity contribution is 5.67. The van der Waals surface area contributed by atoms with Gasteiger partial charge >= 0.3 is 6.09 Å². The average Bonchev–Trinajstić information content (AvgIpc) is 2.32. The minimum absolute atomic E-state index is 0.134. The fourth-order valence-electron chi connectivity index (χ4n) is 1.36. The van der Waals surface area contributed by atoms with Crippen LogP contribution < -0.4 is 5.32 Å². The van der Waals surface area contributed by atoms with Gasteiger partial charge in [-0.1, -0.05) is 11.8 Å². The number of phenols is 1. The van der Waals surface area contributed by atoms with Gasteiger partial charge in [0.1, 0.15) is 11.4 Å². The van der Waals surface area contributed by atoms with Gasteiger partial charge in [-0.3, -0.25) is 0 Å². The van der Waals surface area contributed by atoms with Crippen LogP contribution >= 0.6 is 0 Å². The topological polar surface area (TPSA) is 58.6 Å². The standard InChI is InChI=1S/C15H17F2NO3/c1-15(2,3)21-14(20)18-7-5-4-6-10-8-11(16)9-12(17)13(10)19/h8-9,19H,5,7H2,1-3H3,(H,18,20). The summed E-state index contributed by atoms with van der Waals surface area (Å²) in [6.45, 7) is 5.45. The molecule has 0 aliphatic heterocycles. The van der Waals surface area contributed by atoms with Crippen LogP contribution in [0.5, 0.6) is 5.75 Å². The molecule has 0 saturated heterocycles. The van der Waals surface area contributed by atoms with Gasteiger partial charge in [-0.15, -0.1) is 0 Å². The molecular weight excluding hydrogens is 280 g/mol. The van der Waals surface area contributed by atoms with Crippen molar-refractivity contribution >= 4 is 6.09 Å². The maximum absolute atomic E-state index is 13.0. The second kappa shape index (κ2) is 6.93. The number of rotatable bonds is 2. The number of hydrogen-bond acceptors (Lipinski definition) is 3. The van der Waals surface area contributed by atoms with E-state index in [1.165, 1.54) is 0 Å². The van der Waals surface area contributed by atoms with Crippen molar-refractivity contribution < 1.29 is 23.4 Å². The van der Waals surface area contributed by atoms with E-state index in [0.717, 1.165) is 6.07 Å². The largest absolute Gasteiger partial charge is 0.504 e. The van der Waals surface area contributed by atoms with Crippen LogP contribution in [0.15, 0.2) is 12.1 Å². The minimum Gasteiger partial charge on any atom is -0.504 e. The zero-order valence-corrected chi connectivity index (χ0v) is 12.1. The lowest BCUT2D eigenvalue weighted by molar-refractivity contribution is 0.0529. The molecule has 0 heterocycles. The van der Waals surface area contributed by atoms with Crippen molar-refractivity contribution in [2.75, 3.05) is 6.54 Å². The zero-order chi connectivity index (χ0) is 16.0. The quantitative estimate of drug-likeness (QED) is 0.652. The van der Waals surface area contributed by atoms with Crippen LogP contribution in [0.4, 0.5) is 13.6 Å². The fourth-order valence-corrected chi connectivity index (χ4v) is 1.36. The molecule has 0 aromatic heterocycles. The summed E-state index contributed by atoms with van der Waals surface area (Å²) in [7, 11) is 0. The highest BCUT2D eigenvalue weighted by Crippen LogP contribution is 2.21. The Morgan fingerprint density at radius 2 is 2.05 bits per heavy atom. The number of ether oxygens (including phenoxy) is 1. The molecule has 0 bridgehead atoms. The molecule has 0 unspecified atom stereocenters. The second-order valence-corrected chi connectivity index (χ2v) is 5.26. The molecule has 1 amide bonds. The smallest absolute Gasteiger partial charge is 0.407 e. The van der Waals surface area contributed by atoms with Gasteiger partial charge in [-0.05, 0) is 26.8 Å². The van der Waals surface area contributed by atoms with E-state index in [9.17, 15) is 18.7 Å². The van der Waals surface area contributed by atoms with Gasteiger partial charge < -0.3 is 15.2 Å². The Morgan fingerprint density at radius 3 is 2.67 bits per heavy atom. The lowest BCUT2D eigenvalue weighted by Gasteiger charge is -2.19. The van der Waals surface area contributed by atoms with Crippen LogP contribution in [0.25, 0.3) is 0 Å². The Hall–Kier alpha value is -2.29. The molecule has 0 saturated carbocycles. The Bertz CT molecular complexity index is 583. The number of nitrogens with one attached hydrogen (secondary N) is 1. The normalized spacial score (nSPS) is 10.5. The van der Waals surface area contributed by atoms with E-state index in [1.807, 2.05) is 0 Å². The third kappa shape index (κ3) is 6.13. The second-order valence-electron chi connectivity index (χ2n) is 5.26. The summed E-state index contributed by atoms with van der Waals surface area (Å²) in [5.74, 6) is 2.47. The van der Waals surface area contributed by atoms with Crippen molar-refractivity contribution in [3.8, 4) is 17.6 Å². The maximum Gasteiger partial charge on any atom is 0.407 e. The van der Waals surface area contributed by atoms with Crippen molar-refractivity contribution in [2.45, 2.75) is 32.8 Å². The number of carbonyl (C=O) groups excluding carboxylic acids is 1. The third-order valence-electron chi connectivity index (χ3n) is 2.17. The van der Waals surface area contributed by atoms with E-state index in [1.54, 1.807) is 20.8 Å². The summed E-state index contributed by atoms with van der Waals surface area (Å²) in [6.07, 6.45) is -0.319. The van der Waals surface area contributed by atoms with Gasteiger partial charge in [0, 0.05) is 19.0 Å². The number of amides is 1. The van der Waals surface area contributed by atoms with Gasteiger partial charge in [-0.2, -0.15) is 0 Å². The Balaban J connectivity index is 2.50. The van der Waals surface area contributed by atoms with Crippen molar-refractivity contribution in [2.24, 2.45) is 0 Å². The van der Waals surface area contributed by atoms with E-state index in [2.05, 4.69) is 17.2 Å². The number of halogens is 2. The predicted molar refractivity (Wildman–Crippen MR) is 73.8 cm³/mol. The molecule has 1 rings (SSSR count). The van der Waals surface area contributed by atoms with Crippen molar-refractivity contribution in [3.05, 3.63) is 29.3 Å². The average molecular weight is 297 g/mol. The van der Waals surface area contributed by atoms with Crippen LogP contribution in [0.2, 0.25) is 0 Å². The number of alkyl carbamates (subject to hydrolysis) is 1.